The van der Waals surface area contributed by atoms with E-state index in [9.17, 15) is 9.59 Å². The lowest BCUT2D eigenvalue weighted by Crippen LogP contribution is -2.10. The Kier molecular flexibility index (Phi) is 4.72. The second-order valence-corrected chi connectivity index (χ2v) is 7.93. The molecule has 128 valence electrons. The van der Waals surface area contributed by atoms with Crippen LogP contribution >= 0.6 is 11.8 Å². The Morgan fingerprint density at radius 3 is 2.88 bits per heavy atom. The van der Waals surface area contributed by atoms with Gasteiger partial charge in [-0.2, -0.15) is 0 Å². The van der Waals surface area contributed by atoms with Gasteiger partial charge >= 0.3 is 5.97 Å². The summed E-state index contributed by atoms with van der Waals surface area (Å²) in [5.74, 6) is 1.32. The van der Waals surface area contributed by atoms with Gasteiger partial charge in [-0.1, -0.05) is 43.8 Å². The maximum absolute atomic E-state index is 12.4. The second-order valence-electron chi connectivity index (χ2n) is 6.86. The van der Waals surface area contributed by atoms with Gasteiger partial charge in [0.1, 0.15) is 12.4 Å². The predicted molar refractivity (Wildman–Crippen MR) is 93.7 cm³/mol. The average Bonchev–Trinajstić information content (AvgIpc) is 2.87. The molecule has 1 heterocycles. The van der Waals surface area contributed by atoms with Crippen LogP contribution < -0.4 is 4.74 Å². The highest BCUT2D eigenvalue weighted by Gasteiger charge is 2.61. The number of carbonyl (C=O) groups is 2. The lowest BCUT2D eigenvalue weighted by Gasteiger charge is -2.07. The van der Waals surface area contributed by atoms with Crippen LogP contribution in [0.25, 0.3) is 0 Å². The molecule has 2 atom stereocenters. The van der Waals surface area contributed by atoms with Gasteiger partial charge in [0.15, 0.2) is 0 Å². The van der Waals surface area contributed by atoms with E-state index in [1.165, 1.54) is 11.8 Å². The first-order valence-electron chi connectivity index (χ1n) is 8.11. The van der Waals surface area contributed by atoms with Crippen molar-refractivity contribution in [2.75, 3.05) is 12.9 Å². The number of hydrogen-bond donors (Lipinski definition) is 0. The summed E-state index contributed by atoms with van der Waals surface area (Å²) < 4.78 is 10.7. The zero-order valence-corrected chi connectivity index (χ0v) is 15.0. The van der Waals surface area contributed by atoms with Crippen molar-refractivity contribution in [3.8, 4) is 5.75 Å². The van der Waals surface area contributed by atoms with Crippen molar-refractivity contribution in [2.45, 2.75) is 26.9 Å². The van der Waals surface area contributed by atoms with Crippen LogP contribution in [0, 0.1) is 17.3 Å². The highest BCUT2D eigenvalue weighted by atomic mass is 32.2. The number of hydrogen-bond acceptors (Lipinski definition) is 5. The Morgan fingerprint density at radius 2 is 2.21 bits per heavy atom. The summed E-state index contributed by atoms with van der Waals surface area (Å²) in [6, 6.07) is 7.49. The van der Waals surface area contributed by atoms with Crippen molar-refractivity contribution in [2.24, 2.45) is 17.3 Å². The third-order valence-electron chi connectivity index (χ3n) is 4.93. The van der Waals surface area contributed by atoms with Crippen molar-refractivity contribution in [1.29, 1.82) is 0 Å². The van der Waals surface area contributed by atoms with Crippen LogP contribution in [0.4, 0.5) is 0 Å². The molecule has 3 rings (SSSR count). The molecule has 2 unspecified atom stereocenters. The van der Waals surface area contributed by atoms with Gasteiger partial charge in [0.05, 0.1) is 13.0 Å². The smallest absolute Gasteiger partial charge is 0.310 e. The molecule has 0 bridgehead atoms. The maximum atomic E-state index is 12.4. The summed E-state index contributed by atoms with van der Waals surface area (Å²) in [5.41, 5.74) is 1.62. The van der Waals surface area contributed by atoms with Gasteiger partial charge in [-0.05, 0) is 35.4 Å². The molecule has 0 N–H and O–H groups in total. The van der Waals surface area contributed by atoms with Crippen LogP contribution in [0.15, 0.2) is 35.9 Å². The first-order valence-corrected chi connectivity index (χ1v) is 9.09. The first-order chi connectivity index (χ1) is 11.4. The van der Waals surface area contributed by atoms with Crippen LogP contribution in [-0.2, 0) is 20.9 Å². The number of ether oxygens (including phenoxy) is 2. The first kappa shape index (κ1) is 17.1. The summed E-state index contributed by atoms with van der Waals surface area (Å²) in [5, 5.41) is 0.154. The largest absolute Gasteiger partial charge is 0.497 e. The van der Waals surface area contributed by atoms with E-state index in [1.54, 1.807) is 7.11 Å². The quantitative estimate of drug-likeness (QED) is 0.602. The third-order valence-corrected chi connectivity index (χ3v) is 5.86. The van der Waals surface area contributed by atoms with E-state index in [2.05, 4.69) is 13.8 Å². The average molecular weight is 346 g/mol. The Bertz CT molecular complexity index is 692. The number of esters is 1. The van der Waals surface area contributed by atoms with Crippen LogP contribution in [0.3, 0.4) is 0 Å². The molecule has 2 fully saturated rings. The van der Waals surface area contributed by atoms with Crippen molar-refractivity contribution in [3.05, 3.63) is 41.5 Å². The monoisotopic (exact) mass is 346 g/mol. The lowest BCUT2D eigenvalue weighted by atomic mass is 10.1. The molecule has 0 amide bonds. The van der Waals surface area contributed by atoms with Crippen molar-refractivity contribution < 1.29 is 19.1 Å². The summed E-state index contributed by atoms with van der Waals surface area (Å²) in [6.45, 7) is 4.35. The van der Waals surface area contributed by atoms with Gasteiger partial charge in [0, 0.05) is 11.3 Å². The fraction of sp³-hybridized carbons (Fsp3) is 0.474. The molecule has 1 saturated heterocycles. The minimum atomic E-state index is -0.192. The number of carbonyl (C=O) groups excluding carboxylic acids is 2. The second kappa shape index (κ2) is 6.63. The molecule has 2 aliphatic rings. The van der Waals surface area contributed by atoms with Gasteiger partial charge in [0.2, 0.25) is 5.12 Å². The molecule has 0 radical (unpaired) electrons. The zero-order chi connectivity index (χ0) is 17.3. The lowest BCUT2D eigenvalue weighted by molar-refractivity contribution is -0.147. The van der Waals surface area contributed by atoms with E-state index in [0.29, 0.717) is 0 Å². The predicted octanol–water partition coefficient (Wildman–Crippen LogP) is 3.60. The zero-order valence-electron chi connectivity index (χ0n) is 14.2. The standard InChI is InChI=1S/C19H22O4S/c1-19(2)15(10-13-7-8-24-18(13)21)16(19)17(20)23-11-12-5-4-6-14(9-12)22-3/h4-6,9-10,15-16H,7-8,11H2,1-3H3/b13-10+. The van der Waals surface area contributed by atoms with Gasteiger partial charge in [0.25, 0.3) is 0 Å². The van der Waals surface area contributed by atoms with Crippen molar-refractivity contribution >= 4 is 22.8 Å². The van der Waals surface area contributed by atoms with Crippen LogP contribution in [0.2, 0.25) is 0 Å². The molecule has 1 aliphatic carbocycles. The SMILES string of the molecule is COc1cccc(COC(=O)C2C(/C=C3\CCSC3=O)C2(C)C)c1. The van der Waals surface area contributed by atoms with E-state index >= 15 is 0 Å². The molecule has 5 heteroatoms. The van der Waals surface area contributed by atoms with Crippen molar-refractivity contribution in [3.63, 3.8) is 0 Å². The number of rotatable bonds is 5. The Morgan fingerprint density at radius 1 is 1.42 bits per heavy atom. The molecule has 1 aromatic rings. The van der Waals surface area contributed by atoms with Gasteiger partial charge < -0.3 is 9.47 Å². The number of methoxy groups -OCH3 is 1. The molecule has 0 aromatic heterocycles. The normalized spacial score (nSPS) is 26.5. The minimum Gasteiger partial charge on any atom is -0.497 e. The summed E-state index contributed by atoms with van der Waals surface area (Å²) in [7, 11) is 1.61. The number of thioether (sulfide) groups is 1. The van der Waals surface area contributed by atoms with Crippen LogP contribution in [0.1, 0.15) is 25.8 Å². The molecular formula is C19H22O4S. The molecule has 24 heavy (non-hydrogen) atoms. The fourth-order valence-electron chi connectivity index (χ4n) is 3.26. The van der Waals surface area contributed by atoms with Crippen LogP contribution in [0.5, 0.6) is 5.75 Å². The Balaban J connectivity index is 1.61. The topological polar surface area (TPSA) is 52.6 Å². The van der Waals surface area contributed by atoms with E-state index in [-0.39, 0.29) is 34.9 Å². The molecule has 1 aromatic carbocycles. The highest BCUT2D eigenvalue weighted by molar-refractivity contribution is 8.14. The third kappa shape index (κ3) is 3.36. The van der Waals surface area contributed by atoms with Gasteiger partial charge in [-0.15, -0.1) is 0 Å². The Labute approximate surface area is 146 Å². The van der Waals surface area contributed by atoms with Crippen molar-refractivity contribution in [1.82, 2.24) is 0 Å². The molecule has 1 aliphatic heterocycles. The summed E-state index contributed by atoms with van der Waals surface area (Å²) >= 11 is 1.36. The van der Waals surface area contributed by atoms with E-state index < -0.39 is 0 Å². The Hall–Kier alpha value is -1.75. The van der Waals surface area contributed by atoms with Crippen LogP contribution in [-0.4, -0.2) is 23.9 Å². The minimum absolute atomic E-state index is 0.0907. The molecule has 4 nitrogen and oxygen atoms in total. The molecular weight excluding hydrogens is 324 g/mol. The van der Waals surface area contributed by atoms with E-state index in [0.717, 1.165) is 29.1 Å². The number of allylic oxidation sites excluding steroid dienone is 1. The molecule has 0 spiro atoms. The van der Waals surface area contributed by atoms with E-state index in [4.69, 9.17) is 9.47 Å². The summed E-state index contributed by atoms with van der Waals surface area (Å²) in [6.07, 6.45) is 2.81. The van der Waals surface area contributed by atoms with Gasteiger partial charge in [-0.25, -0.2) is 0 Å². The highest BCUT2D eigenvalue weighted by Crippen LogP contribution is 2.60. The maximum Gasteiger partial charge on any atom is 0.310 e. The fourth-order valence-corrected chi connectivity index (χ4v) is 4.12. The number of benzene rings is 1. The molecule has 1 saturated carbocycles. The van der Waals surface area contributed by atoms with E-state index in [1.807, 2.05) is 30.3 Å². The van der Waals surface area contributed by atoms with Gasteiger partial charge in [-0.3, -0.25) is 9.59 Å². The summed E-state index contributed by atoms with van der Waals surface area (Å²) in [4.78, 5) is 24.2.